The Morgan fingerprint density at radius 3 is 2.50 bits per heavy atom. The van der Waals surface area contributed by atoms with Crippen LogP contribution in [-0.4, -0.2) is 40.5 Å². The Balaban J connectivity index is 2.08. The quantitative estimate of drug-likeness (QED) is 0.809. The van der Waals surface area contributed by atoms with Crippen LogP contribution in [0, 0.1) is 0 Å². The number of benzene rings is 2. The minimum atomic E-state index is -0.339. The van der Waals surface area contributed by atoms with Gasteiger partial charge in [0.15, 0.2) is 0 Å². The van der Waals surface area contributed by atoms with E-state index in [4.69, 9.17) is 0 Å². The van der Waals surface area contributed by atoms with Gasteiger partial charge in [-0.05, 0) is 48.3 Å². The van der Waals surface area contributed by atoms with Crippen LogP contribution in [0.15, 0.2) is 30.3 Å². The Kier molecular flexibility index (Phi) is 4.92. The Labute approximate surface area is 154 Å². The molecule has 0 saturated carbocycles. The van der Waals surface area contributed by atoms with Crippen LogP contribution < -0.4 is 0 Å². The third-order valence-corrected chi connectivity index (χ3v) is 4.91. The second kappa shape index (κ2) is 7.00. The van der Waals surface area contributed by atoms with Gasteiger partial charge in [0.05, 0.1) is 6.04 Å². The molecule has 0 fully saturated rings. The SMILES string of the molecule is CC(C)c1cc(C2c3ccc(CN(C)C)cc3CN2C=O)c(O)cc1O. The number of hydrogen-bond acceptors (Lipinski definition) is 4. The van der Waals surface area contributed by atoms with Crippen molar-refractivity contribution in [1.82, 2.24) is 9.80 Å². The summed E-state index contributed by atoms with van der Waals surface area (Å²) in [7, 11) is 4.05. The maximum atomic E-state index is 11.7. The van der Waals surface area contributed by atoms with Gasteiger partial charge < -0.3 is 20.0 Å². The summed E-state index contributed by atoms with van der Waals surface area (Å²) >= 11 is 0. The van der Waals surface area contributed by atoms with Gasteiger partial charge in [0.1, 0.15) is 11.5 Å². The zero-order chi connectivity index (χ0) is 19.0. The van der Waals surface area contributed by atoms with Gasteiger partial charge in [-0.1, -0.05) is 32.0 Å². The number of aromatic hydroxyl groups is 2. The summed E-state index contributed by atoms with van der Waals surface area (Å²) in [5.74, 6) is 0.204. The van der Waals surface area contributed by atoms with Gasteiger partial charge in [-0.25, -0.2) is 0 Å². The molecule has 5 nitrogen and oxygen atoms in total. The molecule has 1 unspecified atom stereocenters. The van der Waals surface area contributed by atoms with Crippen molar-refractivity contribution in [3.63, 3.8) is 0 Å². The molecule has 2 aromatic rings. The molecular weight excluding hydrogens is 328 g/mol. The van der Waals surface area contributed by atoms with E-state index in [1.165, 1.54) is 11.6 Å². The molecule has 0 aliphatic carbocycles. The molecule has 0 aromatic heterocycles. The Hall–Kier alpha value is -2.53. The topological polar surface area (TPSA) is 64.0 Å². The molecule has 0 radical (unpaired) electrons. The van der Waals surface area contributed by atoms with Crippen LogP contribution in [0.3, 0.4) is 0 Å². The van der Waals surface area contributed by atoms with Crippen LogP contribution in [0.2, 0.25) is 0 Å². The Morgan fingerprint density at radius 1 is 1.15 bits per heavy atom. The monoisotopic (exact) mass is 354 g/mol. The normalized spacial score (nSPS) is 16.4. The van der Waals surface area contributed by atoms with E-state index in [-0.39, 0.29) is 23.5 Å². The lowest BCUT2D eigenvalue weighted by Crippen LogP contribution is -2.21. The van der Waals surface area contributed by atoms with Crippen LogP contribution in [0.5, 0.6) is 11.5 Å². The summed E-state index contributed by atoms with van der Waals surface area (Å²) in [6.07, 6.45) is 0.831. The summed E-state index contributed by atoms with van der Waals surface area (Å²) in [4.78, 5) is 15.5. The molecule has 138 valence electrons. The first-order valence-corrected chi connectivity index (χ1v) is 8.85. The molecule has 0 spiro atoms. The molecule has 1 amide bonds. The molecule has 1 atom stereocenters. The number of amides is 1. The van der Waals surface area contributed by atoms with Crippen molar-refractivity contribution in [3.05, 3.63) is 58.1 Å². The van der Waals surface area contributed by atoms with Gasteiger partial charge in [0.25, 0.3) is 0 Å². The molecule has 3 rings (SSSR count). The highest BCUT2D eigenvalue weighted by molar-refractivity contribution is 5.59. The van der Waals surface area contributed by atoms with E-state index in [9.17, 15) is 15.0 Å². The van der Waals surface area contributed by atoms with E-state index in [2.05, 4.69) is 17.0 Å². The number of carbonyl (C=O) groups excluding carboxylic acids is 1. The molecule has 0 bridgehead atoms. The first-order chi connectivity index (χ1) is 12.3. The van der Waals surface area contributed by atoms with Crippen molar-refractivity contribution < 1.29 is 15.0 Å². The summed E-state index contributed by atoms with van der Waals surface area (Å²) in [5, 5.41) is 20.6. The van der Waals surface area contributed by atoms with Crippen molar-refractivity contribution >= 4 is 6.41 Å². The van der Waals surface area contributed by atoms with Crippen molar-refractivity contribution in [3.8, 4) is 11.5 Å². The number of carbonyl (C=O) groups is 1. The van der Waals surface area contributed by atoms with E-state index in [1.54, 1.807) is 4.90 Å². The number of phenols is 2. The van der Waals surface area contributed by atoms with E-state index in [0.717, 1.165) is 29.6 Å². The molecule has 1 heterocycles. The van der Waals surface area contributed by atoms with Crippen molar-refractivity contribution in [1.29, 1.82) is 0 Å². The number of phenolic OH excluding ortho intramolecular Hbond substituents is 2. The Morgan fingerprint density at radius 2 is 1.88 bits per heavy atom. The molecule has 2 N–H and O–H groups in total. The van der Waals surface area contributed by atoms with Gasteiger partial charge in [-0.15, -0.1) is 0 Å². The lowest BCUT2D eigenvalue weighted by Gasteiger charge is -2.24. The molecular formula is C21H26N2O3. The number of hydrogen-bond donors (Lipinski definition) is 2. The summed E-state index contributed by atoms with van der Waals surface area (Å²) in [5.41, 5.74) is 4.73. The van der Waals surface area contributed by atoms with Gasteiger partial charge in [-0.3, -0.25) is 4.79 Å². The van der Waals surface area contributed by atoms with Crippen LogP contribution in [0.1, 0.15) is 53.6 Å². The zero-order valence-corrected chi connectivity index (χ0v) is 15.7. The Bertz CT molecular complexity index is 830. The second-order valence-electron chi connectivity index (χ2n) is 7.58. The van der Waals surface area contributed by atoms with Crippen LogP contribution in [-0.2, 0) is 17.9 Å². The minimum absolute atomic E-state index is 0.00830. The predicted octanol–water partition coefficient (Wildman–Crippen LogP) is 3.34. The van der Waals surface area contributed by atoms with Crippen molar-refractivity contribution in [2.24, 2.45) is 0 Å². The molecule has 26 heavy (non-hydrogen) atoms. The highest BCUT2D eigenvalue weighted by Gasteiger charge is 2.33. The second-order valence-corrected chi connectivity index (χ2v) is 7.58. The molecule has 1 aliphatic rings. The summed E-state index contributed by atoms with van der Waals surface area (Å²) in [6.45, 7) is 5.33. The fourth-order valence-electron chi connectivity index (χ4n) is 3.73. The van der Waals surface area contributed by atoms with Crippen LogP contribution >= 0.6 is 0 Å². The zero-order valence-electron chi connectivity index (χ0n) is 15.7. The summed E-state index contributed by atoms with van der Waals surface area (Å²) in [6, 6.07) is 9.11. The summed E-state index contributed by atoms with van der Waals surface area (Å²) < 4.78 is 0. The van der Waals surface area contributed by atoms with E-state index < -0.39 is 0 Å². The van der Waals surface area contributed by atoms with Gasteiger partial charge >= 0.3 is 0 Å². The van der Waals surface area contributed by atoms with E-state index in [0.29, 0.717) is 12.1 Å². The maximum Gasteiger partial charge on any atom is 0.210 e. The van der Waals surface area contributed by atoms with Crippen LogP contribution in [0.25, 0.3) is 0 Å². The van der Waals surface area contributed by atoms with Crippen molar-refractivity contribution in [2.45, 2.75) is 38.9 Å². The first-order valence-electron chi connectivity index (χ1n) is 8.85. The van der Waals surface area contributed by atoms with Crippen LogP contribution in [0.4, 0.5) is 0 Å². The predicted molar refractivity (Wildman–Crippen MR) is 101 cm³/mol. The fraction of sp³-hybridized carbons (Fsp3) is 0.381. The van der Waals surface area contributed by atoms with Gasteiger partial charge in [0, 0.05) is 24.7 Å². The first kappa shape index (κ1) is 18.3. The molecule has 0 saturated heterocycles. The maximum absolute atomic E-state index is 11.7. The molecule has 2 aromatic carbocycles. The van der Waals surface area contributed by atoms with Gasteiger partial charge in [0.2, 0.25) is 6.41 Å². The largest absolute Gasteiger partial charge is 0.508 e. The highest BCUT2D eigenvalue weighted by atomic mass is 16.3. The minimum Gasteiger partial charge on any atom is -0.508 e. The standard InChI is InChI=1S/C21H26N2O3/c1-13(2)17-8-18(20(26)9-19(17)25)21-16-6-5-14(10-22(3)4)7-15(16)11-23(21)12-24/h5-9,12-13,21,25-26H,10-11H2,1-4H3. The average molecular weight is 354 g/mol. The molecule has 5 heteroatoms. The fourth-order valence-corrected chi connectivity index (χ4v) is 3.73. The highest BCUT2D eigenvalue weighted by Crippen LogP contribution is 2.44. The number of fused-ring (bicyclic) bond motifs is 1. The third kappa shape index (κ3) is 3.27. The number of rotatable bonds is 5. The van der Waals surface area contributed by atoms with Gasteiger partial charge in [-0.2, -0.15) is 0 Å². The average Bonchev–Trinajstić information content (AvgIpc) is 2.91. The lowest BCUT2D eigenvalue weighted by molar-refractivity contribution is -0.119. The van der Waals surface area contributed by atoms with Crippen molar-refractivity contribution in [2.75, 3.05) is 14.1 Å². The van der Waals surface area contributed by atoms with E-state index >= 15 is 0 Å². The third-order valence-electron chi connectivity index (χ3n) is 4.91. The van der Waals surface area contributed by atoms with E-state index in [1.807, 2.05) is 40.1 Å². The smallest absolute Gasteiger partial charge is 0.210 e. The number of nitrogens with zero attached hydrogens (tertiary/aromatic N) is 2. The molecule has 1 aliphatic heterocycles. The lowest BCUT2D eigenvalue weighted by atomic mass is 9.92.